The highest BCUT2D eigenvalue weighted by Crippen LogP contribution is 2.43. The number of nitriles is 1. The third-order valence-corrected chi connectivity index (χ3v) is 8.18. The van der Waals surface area contributed by atoms with E-state index in [2.05, 4.69) is 11.0 Å². The van der Waals surface area contributed by atoms with Crippen LogP contribution in [0, 0.1) is 32.1 Å². The number of hydrogen-bond donors (Lipinski definition) is 0. The molecular formula is C38H51N5O8. The van der Waals surface area contributed by atoms with E-state index >= 15 is 0 Å². The molecule has 2 amide bonds. The van der Waals surface area contributed by atoms with Gasteiger partial charge in [-0.05, 0) is 128 Å². The summed E-state index contributed by atoms with van der Waals surface area (Å²) in [4.78, 5) is 48.8. The summed E-state index contributed by atoms with van der Waals surface area (Å²) in [5, 5.41) is 11.1. The van der Waals surface area contributed by atoms with Crippen LogP contribution in [0.2, 0.25) is 0 Å². The standard InChI is InChI=1S/C38H51N5O8/c1-22-15-16-27(48-34(46)51-37(10,11)12)24(3)28(22)42-29-25(19-23(2)30(40-29)47-21-38(17-18-38)41(13)14)26(20-39)31(42)43(32(44)49-35(4,5)6)33(45)50-36(7,8)9/h15-16,19H,17-18,21H2,1-14H3. The highest BCUT2D eigenvalue weighted by molar-refractivity contribution is 6.13. The quantitative estimate of drug-likeness (QED) is 0.133. The molecule has 2 aromatic heterocycles. The molecule has 1 aliphatic rings. The fourth-order valence-electron chi connectivity index (χ4n) is 5.52. The van der Waals surface area contributed by atoms with E-state index in [4.69, 9.17) is 28.7 Å². The van der Waals surface area contributed by atoms with Crippen molar-refractivity contribution in [3.05, 3.63) is 40.5 Å². The van der Waals surface area contributed by atoms with Gasteiger partial charge in [-0.2, -0.15) is 15.1 Å². The number of hydrogen-bond acceptors (Lipinski definition) is 11. The van der Waals surface area contributed by atoms with Crippen molar-refractivity contribution in [2.45, 2.75) is 118 Å². The molecule has 13 heteroatoms. The summed E-state index contributed by atoms with van der Waals surface area (Å²) in [6.07, 6.45) is -1.10. The summed E-state index contributed by atoms with van der Waals surface area (Å²) in [5.74, 6) is 0.318. The largest absolute Gasteiger partial charge is 0.514 e. The van der Waals surface area contributed by atoms with Gasteiger partial charge in [-0.3, -0.25) is 4.57 Å². The molecule has 0 N–H and O–H groups in total. The average molecular weight is 706 g/mol. The first kappa shape index (κ1) is 39.0. The van der Waals surface area contributed by atoms with Crippen molar-refractivity contribution in [1.29, 1.82) is 5.26 Å². The summed E-state index contributed by atoms with van der Waals surface area (Å²) in [6.45, 7) is 20.9. The Labute approximate surface area is 300 Å². The molecule has 1 saturated carbocycles. The van der Waals surface area contributed by atoms with Gasteiger partial charge in [0.05, 0.1) is 11.2 Å². The number of rotatable bonds is 7. The number of anilines is 1. The molecule has 3 aromatic rings. The molecule has 2 heterocycles. The Balaban J connectivity index is 2.09. The maximum absolute atomic E-state index is 14.1. The molecule has 0 bridgehead atoms. The fourth-order valence-corrected chi connectivity index (χ4v) is 5.52. The van der Waals surface area contributed by atoms with E-state index in [1.54, 1.807) is 87.4 Å². The van der Waals surface area contributed by atoms with Crippen molar-refractivity contribution in [2.24, 2.45) is 0 Å². The average Bonchev–Trinajstić information content (AvgIpc) is 3.69. The second kappa shape index (κ2) is 13.7. The molecule has 0 saturated heterocycles. The van der Waals surface area contributed by atoms with E-state index in [0.29, 0.717) is 40.3 Å². The monoisotopic (exact) mass is 705 g/mol. The lowest BCUT2D eigenvalue weighted by Gasteiger charge is -2.29. The van der Waals surface area contributed by atoms with Crippen molar-refractivity contribution in [2.75, 3.05) is 25.6 Å². The first-order valence-electron chi connectivity index (χ1n) is 16.9. The predicted molar refractivity (Wildman–Crippen MR) is 193 cm³/mol. The van der Waals surface area contributed by atoms with Crippen LogP contribution in [0.1, 0.15) is 97.4 Å². The molecule has 0 atom stereocenters. The van der Waals surface area contributed by atoms with Crippen molar-refractivity contribution in [3.8, 4) is 23.4 Å². The summed E-state index contributed by atoms with van der Waals surface area (Å²) in [7, 11) is 4.02. The zero-order chi connectivity index (χ0) is 38.4. The molecule has 51 heavy (non-hydrogen) atoms. The maximum Gasteiger partial charge on any atom is 0.514 e. The van der Waals surface area contributed by atoms with Crippen molar-refractivity contribution in [1.82, 2.24) is 14.5 Å². The Morgan fingerprint density at radius 1 is 0.882 bits per heavy atom. The molecule has 0 aliphatic heterocycles. The number of carbonyl (C=O) groups excluding carboxylic acids is 3. The van der Waals surface area contributed by atoms with E-state index < -0.39 is 35.1 Å². The van der Waals surface area contributed by atoms with Gasteiger partial charge >= 0.3 is 18.3 Å². The number of ether oxygens (including phenoxy) is 5. The topological polar surface area (TPSA) is 145 Å². The maximum atomic E-state index is 14.1. The molecule has 1 aromatic carbocycles. The Morgan fingerprint density at radius 2 is 1.43 bits per heavy atom. The zero-order valence-electron chi connectivity index (χ0n) is 32.4. The second-order valence-corrected chi connectivity index (χ2v) is 16.3. The normalized spacial score (nSPS) is 14.2. The molecule has 0 unspecified atom stereocenters. The van der Waals surface area contributed by atoms with Gasteiger partial charge < -0.3 is 28.6 Å². The Bertz CT molecular complexity index is 1870. The number of amides is 2. The molecular weight excluding hydrogens is 654 g/mol. The Hall–Kier alpha value is -4.83. The van der Waals surface area contributed by atoms with Gasteiger partial charge in [-0.25, -0.2) is 14.4 Å². The zero-order valence-corrected chi connectivity index (χ0v) is 32.4. The minimum Gasteiger partial charge on any atom is -0.475 e. The minimum absolute atomic E-state index is 0.0342. The van der Waals surface area contributed by atoms with E-state index in [-0.39, 0.29) is 28.3 Å². The van der Waals surface area contributed by atoms with Crippen LogP contribution >= 0.6 is 0 Å². The van der Waals surface area contributed by atoms with Crippen LogP contribution in [0.15, 0.2) is 18.2 Å². The van der Waals surface area contributed by atoms with Gasteiger partial charge in [0, 0.05) is 16.5 Å². The summed E-state index contributed by atoms with van der Waals surface area (Å²) in [6, 6.07) is 7.30. The third-order valence-electron chi connectivity index (χ3n) is 8.18. The van der Waals surface area contributed by atoms with Crippen molar-refractivity contribution in [3.63, 3.8) is 0 Å². The Kier molecular flexibility index (Phi) is 10.5. The molecule has 13 nitrogen and oxygen atoms in total. The Morgan fingerprint density at radius 3 is 1.90 bits per heavy atom. The van der Waals surface area contributed by atoms with Crippen LogP contribution in [0.5, 0.6) is 11.6 Å². The van der Waals surface area contributed by atoms with Crippen molar-refractivity contribution >= 4 is 35.2 Å². The fraction of sp³-hybridized carbons (Fsp3) is 0.553. The first-order valence-corrected chi connectivity index (χ1v) is 16.9. The van der Waals surface area contributed by atoms with Crippen LogP contribution in [-0.2, 0) is 14.2 Å². The van der Waals surface area contributed by atoms with Gasteiger partial charge in [0.1, 0.15) is 40.8 Å². The van der Waals surface area contributed by atoms with Crippen LogP contribution in [0.4, 0.5) is 20.2 Å². The predicted octanol–water partition coefficient (Wildman–Crippen LogP) is 8.29. The van der Waals surface area contributed by atoms with Gasteiger partial charge in [0.25, 0.3) is 0 Å². The number of imide groups is 1. The van der Waals surface area contributed by atoms with E-state index in [9.17, 15) is 19.6 Å². The number of carbonyl (C=O) groups is 3. The number of benzene rings is 1. The lowest BCUT2D eigenvalue weighted by atomic mass is 10.1. The van der Waals surface area contributed by atoms with Gasteiger partial charge in [0.2, 0.25) is 5.88 Å². The van der Waals surface area contributed by atoms with E-state index in [1.807, 2.05) is 27.9 Å². The number of aryl methyl sites for hydroxylation is 2. The van der Waals surface area contributed by atoms with Crippen molar-refractivity contribution < 1.29 is 38.1 Å². The SMILES string of the molecule is Cc1cc2c(C#N)c(N(C(=O)OC(C)(C)C)C(=O)OC(C)(C)C)n(-c3c(C)ccc(OC(=O)OC(C)(C)C)c3C)c2nc1OCC1(N(C)C)CC1. The van der Waals surface area contributed by atoms with Crippen LogP contribution in [0.25, 0.3) is 16.7 Å². The molecule has 4 rings (SSSR count). The summed E-state index contributed by atoms with van der Waals surface area (Å²) < 4.78 is 30.4. The second-order valence-electron chi connectivity index (χ2n) is 16.3. The number of pyridine rings is 1. The highest BCUT2D eigenvalue weighted by Gasteiger charge is 2.46. The molecule has 276 valence electrons. The molecule has 0 spiro atoms. The number of aromatic nitrogens is 2. The minimum atomic E-state index is -1.07. The van der Waals surface area contributed by atoms with Crippen LogP contribution in [0.3, 0.4) is 0 Å². The summed E-state index contributed by atoms with van der Waals surface area (Å²) >= 11 is 0. The smallest absolute Gasteiger partial charge is 0.475 e. The van der Waals surface area contributed by atoms with E-state index in [0.717, 1.165) is 17.7 Å². The molecule has 1 fully saturated rings. The molecule has 1 aliphatic carbocycles. The lowest BCUT2D eigenvalue weighted by Crippen LogP contribution is -2.45. The highest BCUT2D eigenvalue weighted by atomic mass is 16.7. The van der Waals surface area contributed by atoms with Gasteiger partial charge in [-0.15, -0.1) is 0 Å². The third kappa shape index (κ3) is 8.73. The number of nitrogens with zero attached hydrogens (tertiary/aromatic N) is 5. The van der Waals surface area contributed by atoms with Gasteiger partial charge in [0.15, 0.2) is 11.5 Å². The number of likely N-dealkylation sites (N-methyl/N-ethyl adjacent to an activating group) is 1. The van der Waals surface area contributed by atoms with E-state index in [1.165, 1.54) is 4.57 Å². The molecule has 0 radical (unpaired) electrons. The number of fused-ring (bicyclic) bond motifs is 1. The van der Waals surface area contributed by atoms with Gasteiger partial charge in [-0.1, -0.05) is 6.07 Å². The lowest BCUT2D eigenvalue weighted by molar-refractivity contribution is 0.0203. The van der Waals surface area contributed by atoms with Crippen LogP contribution in [-0.4, -0.2) is 75.8 Å². The first-order chi connectivity index (χ1) is 23.4. The van der Waals surface area contributed by atoms with Crippen LogP contribution < -0.4 is 14.4 Å². The summed E-state index contributed by atoms with van der Waals surface area (Å²) in [5.41, 5.74) is -0.654.